The fourth-order valence-corrected chi connectivity index (χ4v) is 3.78. The molecule has 8 heteroatoms. The van der Waals surface area contributed by atoms with E-state index in [1.165, 1.54) is 30.1 Å². The van der Waals surface area contributed by atoms with Crippen LogP contribution < -0.4 is 15.0 Å². The minimum Gasteiger partial charge on any atom is -0.496 e. The topological polar surface area (TPSA) is 65.7 Å². The van der Waals surface area contributed by atoms with E-state index in [0.29, 0.717) is 28.0 Å². The van der Waals surface area contributed by atoms with Gasteiger partial charge in [-0.2, -0.15) is 9.78 Å². The molecule has 6 nitrogen and oxygen atoms in total. The Morgan fingerprint density at radius 3 is 2.62 bits per heavy atom. The summed E-state index contributed by atoms with van der Waals surface area (Å²) in [5.74, 6) is 0.728. The zero-order chi connectivity index (χ0) is 24.2. The molecule has 0 spiro atoms. The third-order valence-corrected chi connectivity index (χ3v) is 5.95. The number of benzene rings is 3. The summed E-state index contributed by atoms with van der Waals surface area (Å²) in [4.78, 5) is 18.0. The lowest BCUT2D eigenvalue weighted by Crippen LogP contribution is -2.23. The van der Waals surface area contributed by atoms with Crippen molar-refractivity contribution >= 4 is 33.0 Å². The second-order valence-corrected chi connectivity index (χ2v) is 8.66. The van der Waals surface area contributed by atoms with Crippen LogP contribution in [0.25, 0.3) is 10.9 Å². The molecule has 0 saturated carbocycles. The smallest absolute Gasteiger partial charge is 0.282 e. The van der Waals surface area contributed by atoms with Crippen LogP contribution in [0.4, 0.5) is 4.39 Å². The molecule has 0 aliphatic carbocycles. The van der Waals surface area contributed by atoms with Gasteiger partial charge < -0.3 is 9.47 Å². The summed E-state index contributed by atoms with van der Waals surface area (Å²) >= 11 is 3.41. The molecule has 0 bridgehead atoms. The number of methoxy groups -OCH3 is 1. The summed E-state index contributed by atoms with van der Waals surface area (Å²) in [5, 5.41) is 4.90. The van der Waals surface area contributed by atoms with Gasteiger partial charge in [-0.15, -0.1) is 0 Å². The Bertz CT molecular complexity index is 1420. The van der Waals surface area contributed by atoms with E-state index >= 15 is 0 Å². The summed E-state index contributed by atoms with van der Waals surface area (Å²) in [6, 6.07) is 17.0. The first kappa shape index (κ1) is 23.6. The molecular weight excluding hydrogens is 501 g/mol. The van der Waals surface area contributed by atoms with E-state index in [2.05, 4.69) is 21.0 Å². The van der Waals surface area contributed by atoms with Gasteiger partial charge in [-0.1, -0.05) is 48.0 Å². The van der Waals surface area contributed by atoms with E-state index in [-0.39, 0.29) is 23.0 Å². The molecule has 0 aliphatic heterocycles. The van der Waals surface area contributed by atoms with Gasteiger partial charge in [0.2, 0.25) is 0 Å². The average molecular weight is 524 g/mol. The van der Waals surface area contributed by atoms with Crippen LogP contribution in [-0.2, 0) is 0 Å². The van der Waals surface area contributed by atoms with Crippen molar-refractivity contribution in [1.29, 1.82) is 0 Å². The maximum absolute atomic E-state index is 14.6. The fraction of sp³-hybridized carbons (Fsp3) is 0.192. The molecule has 3 aromatic carbocycles. The number of hydrogen-bond acceptors (Lipinski definition) is 5. The summed E-state index contributed by atoms with van der Waals surface area (Å²) in [5.41, 5.74) is 0.763. The zero-order valence-corrected chi connectivity index (χ0v) is 20.5. The molecule has 174 valence electrons. The number of halogens is 2. The number of para-hydroxylation sites is 1. The highest BCUT2D eigenvalue weighted by molar-refractivity contribution is 9.10. The van der Waals surface area contributed by atoms with Crippen LogP contribution in [0.15, 0.2) is 75.0 Å². The SMILES string of the molecule is CC[C@@H](C)c1nc2ccc(Br)cc2c(=O)n1N=Cc1cc(Oc2ccccc2)c(F)cc1OC. The van der Waals surface area contributed by atoms with Crippen molar-refractivity contribution < 1.29 is 13.9 Å². The Kier molecular flexibility index (Phi) is 7.07. The largest absolute Gasteiger partial charge is 0.496 e. The molecule has 4 aromatic rings. The molecule has 4 rings (SSSR count). The number of hydrogen-bond donors (Lipinski definition) is 0. The number of fused-ring (bicyclic) bond motifs is 1. The molecule has 1 aromatic heterocycles. The second-order valence-electron chi connectivity index (χ2n) is 7.74. The molecule has 0 unspecified atom stereocenters. The van der Waals surface area contributed by atoms with Crippen LogP contribution in [0, 0.1) is 5.82 Å². The summed E-state index contributed by atoms with van der Waals surface area (Å²) in [6.45, 7) is 4.01. The Balaban J connectivity index is 1.82. The zero-order valence-electron chi connectivity index (χ0n) is 19.0. The van der Waals surface area contributed by atoms with Gasteiger partial charge in [0.1, 0.15) is 17.3 Å². The minimum atomic E-state index is -0.576. The standard InChI is InChI=1S/C26H23BrFN3O3/c1-4-16(2)25-30-22-11-10-18(27)13-20(22)26(32)31(25)29-15-17-12-24(21(28)14-23(17)33-3)34-19-8-6-5-7-9-19/h5-16H,4H2,1-3H3/t16-/m1/s1. The van der Waals surface area contributed by atoms with Crippen molar-refractivity contribution in [3.05, 3.63) is 92.7 Å². The fourth-order valence-electron chi connectivity index (χ4n) is 3.42. The lowest BCUT2D eigenvalue weighted by molar-refractivity contribution is 0.401. The van der Waals surface area contributed by atoms with Crippen LogP contribution in [0.1, 0.15) is 37.6 Å². The van der Waals surface area contributed by atoms with Crippen molar-refractivity contribution in [2.45, 2.75) is 26.2 Å². The molecule has 1 heterocycles. The van der Waals surface area contributed by atoms with Crippen LogP contribution in [-0.4, -0.2) is 23.0 Å². The Morgan fingerprint density at radius 2 is 1.91 bits per heavy atom. The number of aromatic nitrogens is 2. The second kappa shape index (κ2) is 10.2. The third-order valence-electron chi connectivity index (χ3n) is 5.45. The summed E-state index contributed by atoms with van der Waals surface area (Å²) in [7, 11) is 1.44. The van der Waals surface area contributed by atoms with Crippen molar-refractivity contribution in [3.63, 3.8) is 0 Å². The summed E-state index contributed by atoms with van der Waals surface area (Å²) in [6.07, 6.45) is 2.23. The van der Waals surface area contributed by atoms with Gasteiger partial charge in [0.05, 0.1) is 24.2 Å². The van der Waals surface area contributed by atoms with Gasteiger partial charge in [-0.05, 0) is 42.8 Å². The molecule has 0 amide bonds. The van der Waals surface area contributed by atoms with E-state index in [1.54, 1.807) is 36.4 Å². The van der Waals surface area contributed by atoms with E-state index in [9.17, 15) is 9.18 Å². The van der Waals surface area contributed by atoms with E-state index in [1.807, 2.05) is 26.0 Å². The van der Waals surface area contributed by atoms with Crippen LogP contribution in [0.2, 0.25) is 0 Å². The first-order valence-corrected chi connectivity index (χ1v) is 11.6. The number of nitrogens with zero attached hydrogens (tertiary/aromatic N) is 3. The predicted octanol–water partition coefficient (Wildman–Crippen LogP) is 6.49. The lowest BCUT2D eigenvalue weighted by Gasteiger charge is -2.14. The average Bonchev–Trinajstić information content (AvgIpc) is 2.85. The molecule has 0 radical (unpaired) electrons. The van der Waals surface area contributed by atoms with Gasteiger partial charge in [0, 0.05) is 22.0 Å². The first-order valence-electron chi connectivity index (χ1n) is 10.8. The molecule has 0 aliphatic rings. The van der Waals surface area contributed by atoms with Gasteiger partial charge in [0.25, 0.3) is 5.56 Å². The van der Waals surface area contributed by atoms with E-state index in [0.717, 1.165) is 10.9 Å². The maximum atomic E-state index is 14.6. The Hall–Kier alpha value is -3.52. The quantitative estimate of drug-likeness (QED) is 0.259. The molecule has 34 heavy (non-hydrogen) atoms. The Morgan fingerprint density at radius 1 is 1.15 bits per heavy atom. The first-order chi connectivity index (χ1) is 16.4. The molecule has 0 saturated heterocycles. The van der Waals surface area contributed by atoms with Crippen LogP contribution in [0.5, 0.6) is 17.2 Å². The number of rotatable bonds is 7. The molecule has 0 fully saturated rings. The Labute approximate surface area is 204 Å². The van der Waals surface area contributed by atoms with Gasteiger partial charge >= 0.3 is 0 Å². The normalized spacial score (nSPS) is 12.3. The van der Waals surface area contributed by atoms with Crippen LogP contribution in [0.3, 0.4) is 0 Å². The highest BCUT2D eigenvalue weighted by Crippen LogP contribution is 2.30. The van der Waals surface area contributed by atoms with E-state index in [4.69, 9.17) is 14.5 Å². The van der Waals surface area contributed by atoms with E-state index < -0.39 is 5.82 Å². The lowest BCUT2D eigenvalue weighted by atomic mass is 10.1. The molecule has 0 N–H and O–H groups in total. The minimum absolute atomic E-state index is 0.00927. The molecular formula is C26H23BrFN3O3. The van der Waals surface area contributed by atoms with Crippen molar-refractivity contribution in [2.24, 2.45) is 5.10 Å². The molecule has 1 atom stereocenters. The van der Waals surface area contributed by atoms with Gasteiger partial charge in [0.15, 0.2) is 11.6 Å². The number of ether oxygens (including phenoxy) is 2. The van der Waals surface area contributed by atoms with Gasteiger partial charge in [-0.25, -0.2) is 9.37 Å². The van der Waals surface area contributed by atoms with Gasteiger partial charge in [-0.3, -0.25) is 4.79 Å². The maximum Gasteiger partial charge on any atom is 0.282 e. The van der Waals surface area contributed by atoms with Crippen molar-refractivity contribution in [1.82, 2.24) is 9.66 Å². The van der Waals surface area contributed by atoms with Crippen LogP contribution >= 0.6 is 15.9 Å². The van der Waals surface area contributed by atoms with Crippen molar-refractivity contribution in [3.8, 4) is 17.2 Å². The summed E-state index contributed by atoms with van der Waals surface area (Å²) < 4.78 is 27.7. The third kappa shape index (κ3) is 4.87. The van der Waals surface area contributed by atoms with Crippen molar-refractivity contribution in [2.75, 3.05) is 7.11 Å². The highest BCUT2D eigenvalue weighted by Gasteiger charge is 2.17. The highest BCUT2D eigenvalue weighted by atomic mass is 79.9. The monoisotopic (exact) mass is 523 g/mol. The predicted molar refractivity (Wildman–Crippen MR) is 135 cm³/mol.